The maximum Gasteiger partial charge on any atom is 0.227 e. The Balaban J connectivity index is 1.40. The number of carbonyl (C=O) groups is 1. The summed E-state index contributed by atoms with van der Waals surface area (Å²) in [7, 11) is -3.53. The molecule has 8 nitrogen and oxygen atoms in total. The second kappa shape index (κ2) is 10.5. The molecule has 1 aromatic heterocycles. The molecule has 0 atom stereocenters. The van der Waals surface area contributed by atoms with E-state index in [4.69, 9.17) is 4.52 Å². The Hall–Kier alpha value is -2.26. The van der Waals surface area contributed by atoms with E-state index >= 15 is 0 Å². The molecular weight excluding hydrogens is 392 g/mol. The Morgan fingerprint density at radius 2 is 1.83 bits per heavy atom. The van der Waals surface area contributed by atoms with Gasteiger partial charge in [-0.2, -0.15) is 4.98 Å². The zero-order chi connectivity index (χ0) is 20.5. The van der Waals surface area contributed by atoms with Crippen molar-refractivity contribution in [1.82, 2.24) is 20.4 Å². The Morgan fingerprint density at radius 3 is 2.55 bits per heavy atom. The van der Waals surface area contributed by atoms with Crippen LogP contribution in [0.1, 0.15) is 43.8 Å². The van der Waals surface area contributed by atoms with Gasteiger partial charge in [0.2, 0.25) is 11.8 Å². The van der Waals surface area contributed by atoms with Crippen molar-refractivity contribution in [2.75, 3.05) is 26.2 Å². The maximum atomic E-state index is 12.4. The van der Waals surface area contributed by atoms with Gasteiger partial charge in [-0.1, -0.05) is 36.2 Å². The SMILES string of the molecule is O=C(CCc1nc(CS(=O)(=O)c2ccccc2)no1)NCCN1CCCCCC1. The zero-order valence-electron chi connectivity index (χ0n) is 16.5. The van der Waals surface area contributed by atoms with Gasteiger partial charge in [0.05, 0.1) is 4.90 Å². The molecule has 9 heteroatoms. The smallest absolute Gasteiger partial charge is 0.227 e. The van der Waals surface area contributed by atoms with Crippen LogP contribution in [0.25, 0.3) is 0 Å². The number of likely N-dealkylation sites (tertiary alicyclic amines) is 1. The Morgan fingerprint density at radius 1 is 1.10 bits per heavy atom. The highest BCUT2D eigenvalue weighted by atomic mass is 32.2. The number of aromatic nitrogens is 2. The zero-order valence-corrected chi connectivity index (χ0v) is 17.4. The number of aryl methyl sites for hydroxylation is 1. The topological polar surface area (TPSA) is 105 Å². The van der Waals surface area contributed by atoms with Crippen LogP contribution < -0.4 is 5.32 Å². The average Bonchev–Trinajstić information content (AvgIpc) is 2.98. The summed E-state index contributed by atoms with van der Waals surface area (Å²) in [5.74, 6) is -0.0319. The van der Waals surface area contributed by atoms with Gasteiger partial charge in [-0.25, -0.2) is 8.42 Å². The summed E-state index contributed by atoms with van der Waals surface area (Å²) in [5, 5.41) is 6.65. The molecule has 1 aliphatic heterocycles. The molecule has 0 aliphatic carbocycles. The van der Waals surface area contributed by atoms with Crippen molar-refractivity contribution >= 4 is 15.7 Å². The first-order valence-corrected chi connectivity index (χ1v) is 11.8. The highest BCUT2D eigenvalue weighted by molar-refractivity contribution is 7.90. The molecule has 0 bridgehead atoms. The molecule has 0 saturated carbocycles. The third-order valence-electron chi connectivity index (χ3n) is 4.95. The number of amides is 1. The number of rotatable bonds is 9. The standard InChI is InChI=1S/C20H28N4O4S/c25-19(21-12-15-24-13-6-1-2-7-14-24)10-11-20-22-18(23-28-20)16-29(26,27)17-8-4-3-5-9-17/h3-5,8-9H,1-2,6-7,10-16H2,(H,21,25). The van der Waals surface area contributed by atoms with E-state index < -0.39 is 9.84 Å². The molecule has 1 fully saturated rings. The molecule has 0 spiro atoms. The highest BCUT2D eigenvalue weighted by Crippen LogP contribution is 2.14. The van der Waals surface area contributed by atoms with Gasteiger partial charge in [-0.05, 0) is 38.1 Å². The molecule has 1 saturated heterocycles. The first-order chi connectivity index (χ1) is 14.0. The van der Waals surface area contributed by atoms with Crippen molar-refractivity contribution in [2.45, 2.75) is 49.2 Å². The highest BCUT2D eigenvalue weighted by Gasteiger charge is 2.19. The van der Waals surface area contributed by atoms with Gasteiger partial charge < -0.3 is 14.7 Å². The molecule has 158 valence electrons. The number of hydrogen-bond acceptors (Lipinski definition) is 7. The third kappa shape index (κ3) is 6.93. The monoisotopic (exact) mass is 420 g/mol. The fourth-order valence-corrected chi connectivity index (χ4v) is 4.55. The van der Waals surface area contributed by atoms with Gasteiger partial charge in [-0.3, -0.25) is 4.79 Å². The second-order valence-electron chi connectivity index (χ2n) is 7.28. The number of nitrogens with one attached hydrogen (secondary N) is 1. The predicted molar refractivity (Wildman–Crippen MR) is 108 cm³/mol. The number of benzene rings is 1. The molecular formula is C20H28N4O4S. The van der Waals surface area contributed by atoms with Crippen molar-refractivity contribution in [3.05, 3.63) is 42.0 Å². The minimum atomic E-state index is -3.53. The van der Waals surface area contributed by atoms with Gasteiger partial charge in [0.25, 0.3) is 0 Å². The lowest BCUT2D eigenvalue weighted by Gasteiger charge is -2.19. The van der Waals surface area contributed by atoms with Crippen molar-refractivity contribution in [1.29, 1.82) is 0 Å². The van der Waals surface area contributed by atoms with Crippen LogP contribution in [-0.4, -0.2) is 55.5 Å². The van der Waals surface area contributed by atoms with E-state index in [-0.39, 0.29) is 41.1 Å². The second-order valence-corrected chi connectivity index (χ2v) is 9.27. The van der Waals surface area contributed by atoms with Crippen LogP contribution in [0.3, 0.4) is 0 Å². The van der Waals surface area contributed by atoms with Crippen LogP contribution in [0.4, 0.5) is 0 Å². The largest absolute Gasteiger partial charge is 0.355 e. The molecule has 0 unspecified atom stereocenters. The lowest BCUT2D eigenvalue weighted by Crippen LogP contribution is -2.35. The van der Waals surface area contributed by atoms with E-state index in [0.29, 0.717) is 6.54 Å². The normalized spacial score (nSPS) is 15.7. The van der Waals surface area contributed by atoms with E-state index in [1.807, 2.05) is 0 Å². The van der Waals surface area contributed by atoms with Crippen LogP contribution >= 0.6 is 0 Å². The maximum absolute atomic E-state index is 12.4. The van der Waals surface area contributed by atoms with Crippen LogP contribution in [0.2, 0.25) is 0 Å². The fraction of sp³-hybridized carbons (Fsp3) is 0.550. The number of hydrogen-bond donors (Lipinski definition) is 1. The molecule has 1 aromatic carbocycles. The van der Waals surface area contributed by atoms with Crippen LogP contribution in [0.5, 0.6) is 0 Å². The van der Waals surface area contributed by atoms with Crippen molar-refractivity contribution in [2.24, 2.45) is 0 Å². The average molecular weight is 421 g/mol. The van der Waals surface area contributed by atoms with Gasteiger partial charge in [0, 0.05) is 25.9 Å². The van der Waals surface area contributed by atoms with E-state index in [1.54, 1.807) is 18.2 Å². The van der Waals surface area contributed by atoms with Crippen molar-refractivity contribution in [3.8, 4) is 0 Å². The van der Waals surface area contributed by atoms with Gasteiger partial charge in [-0.15, -0.1) is 0 Å². The summed E-state index contributed by atoms with van der Waals surface area (Å²) >= 11 is 0. The van der Waals surface area contributed by atoms with Crippen LogP contribution in [0, 0.1) is 0 Å². The Kier molecular flexibility index (Phi) is 7.76. The lowest BCUT2D eigenvalue weighted by molar-refractivity contribution is -0.121. The molecule has 1 N–H and O–H groups in total. The van der Waals surface area contributed by atoms with E-state index in [9.17, 15) is 13.2 Å². The molecule has 1 amide bonds. The Bertz CT molecular complexity index is 875. The van der Waals surface area contributed by atoms with E-state index in [2.05, 4.69) is 20.4 Å². The summed E-state index contributed by atoms with van der Waals surface area (Å²) in [5.41, 5.74) is 0. The first-order valence-electron chi connectivity index (χ1n) is 10.1. The number of sulfone groups is 1. The molecule has 3 rings (SSSR count). The van der Waals surface area contributed by atoms with Gasteiger partial charge in [0.1, 0.15) is 5.75 Å². The van der Waals surface area contributed by atoms with Gasteiger partial charge >= 0.3 is 0 Å². The fourth-order valence-electron chi connectivity index (χ4n) is 3.35. The summed E-state index contributed by atoms with van der Waals surface area (Å²) in [6, 6.07) is 8.16. The number of carbonyl (C=O) groups excluding carboxylic acids is 1. The lowest BCUT2D eigenvalue weighted by atomic mass is 10.2. The first kappa shape index (κ1) is 21.4. The van der Waals surface area contributed by atoms with Crippen molar-refractivity contribution < 1.29 is 17.7 Å². The molecule has 1 aliphatic rings. The van der Waals surface area contributed by atoms with Crippen molar-refractivity contribution in [3.63, 3.8) is 0 Å². The summed E-state index contributed by atoms with van der Waals surface area (Å²) in [6.45, 7) is 3.70. The van der Waals surface area contributed by atoms with E-state index in [0.717, 1.165) is 19.6 Å². The summed E-state index contributed by atoms with van der Waals surface area (Å²) in [4.78, 5) is 18.8. The molecule has 2 aromatic rings. The minimum Gasteiger partial charge on any atom is -0.355 e. The third-order valence-corrected chi connectivity index (χ3v) is 6.58. The molecule has 29 heavy (non-hydrogen) atoms. The van der Waals surface area contributed by atoms with Gasteiger partial charge in [0.15, 0.2) is 15.7 Å². The number of nitrogens with zero attached hydrogens (tertiary/aromatic N) is 3. The predicted octanol–water partition coefficient (Wildman–Crippen LogP) is 1.97. The summed E-state index contributed by atoms with van der Waals surface area (Å²) < 4.78 is 29.8. The quantitative estimate of drug-likeness (QED) is 0.661. The van der Waals surface area contributed by atoms with Crippen LogP contribution in [-0.2, 0) is 26.8 Å². The molecule has 0 radical (unpaired) electrons. The summed E-state index contributed by atoms with van der Waals surface area (Å²) in [6.07, 6.45) is 5.56. The van der Waals surface area contributed by atoms with Crippen LogP contribution in [0.15, 0.2) is 39.8 Å². The van der Waals surface area contributed by atoms with E-state index in [1.165, 1.54) is 37.8 Å². The molecule has 2 heterocycles. The minimum absolute atomic E-state index is 0.0727. The Labute approximate surface area is 171 Å².